The molecule has 0 spiro atoms. The Morgan fingerprint density at radius 3 is 2.75 bits per heavy atom. The van der Waals surface area contributed by atoms with E-state index in [-0.39, 0.29) is 15.8 Å². The highest BCUT2D eigenvalue weighted by atomic mass is 32.2. The molecule has 3 N–H and O–H groups in total. The maximum Gasteiger partial charge on any atom is 0.265 e. The van der Waals surface area contributed by atoms with Gasteiger partial charge in [0.25, 0.3) is 10.0 Å². The van der Waals surface area contributed by atoms with E-state index in [1.54, 1.807) is 0 Å². The molecule has 0 radical (unpaired) electrons. The maximum atomic E-state index is 11.8. The third kappa shape index (κ3) is 2.25. The Bertz CT molecular complexity index is 563. The van der Waals surface area contributed by atoms with Gasteiger partial charge in [0.1, 0.15) is 16.2 Å². The number of nitrogens with two attached hydrogens (primary N) is 1. The minimum Gasteiger partial charge on any atom is -0.384 e. The zero-order valence-electron chi connectivity index (χ0n) is 7.86. The van der Waals surface area contributed by atoms with Gasteiger partial charge in [0.2, 0.25) is 5.13 Å². The SMILES string of the molecule is Nc1ccc(S(=O)(=O)Nc2nncs2)cn1. The van der Waals surface area contributed by atoms with Crippen LogP contribution in [0.5, 0.6) is 0 Å². The molecule has 0 aliphatic rings. The van der Waals surface area contributed by atoms with Crippen LogP contribution in [0.4, 0.5) is 10.9 Å². The molecule has 0 bridgehead atoms. The molecule has 16 heavy (non-hydrogen) atoms. The number of nitrogens with one attached hydrogen (secondary N) is 1. The zero-order valence-corrected chi connectivity index (χ0v) is 9.49. The van der Waals surface area contributed by atoms with Crippen molar-refractivity contribution in [3.63, 3.8) is 0 Å². The minimum atomic E-state index is -3.66. The summed E-state index contributed by atoms with van der Waals surface area (Å²) in [5, 5.41) is 7.30. The highest BCUT2D eigenvalue weighted by Gasteiger charge is 2.15. The third-order valence-electron chi connectivity index (χ3n) is 1.65. The van der Waals surface area contributed by atoms with E-state index in [0.29, 0.717) is 0 Å². The van der Waals surface area contributed by atoms with E-state index < -0.39 is 10.0 Å². The van der Waals surface area contributed by atoms with Gasteiger partial charge in [0.15, 0.2) is 0 Å². The van der Waals surface area contributed by atoms with Crippen LogP contribution in [0.15, 0.2) is 28.7 Å². The summed E-state index contributed by atoms with van der Waals surface area (Å²) >= 11 is 1.09. The second-order valence-corrected chi connectivity index (χ2v) is 5.28. The lowest BCUT2D eigenvalue weighted by atomic mass is 10.5. The Labute approximate surface area is 95.4 Å². The van der Waals surface area contributed by atoms with Crippen molar-refractivity contribution in [2.45, 2.75) is 4.90 Å². The average molecular weight is 257 g/mol. The van der Waals surface area contributed by atoms with E-state index in [9.17, 15) is 8.42 Å². The molecule has 0 unspecified atom stereocenters. The van der Waals surface area contributed by atoms with Crippen molar-refractivity contribution >= 4 is 32.3 Å². The molecule has 0 aliphatic carbocycles. The van der Waals surface area contributed by atoms with Crippen LogP contribution in [0.3, 0.4) is 0 Å². The predicted octanol–water partition coefficient (Wildman–Crippen LogP) is 0.316. The summed E-state index contributed by atoms with van der Waals surface area (Å²) in [5.74, 6) is 0.259. The standard InChI is InChI=1S/C7H7N5O2S2/c8-6-2-1-5(3-9-6)16(13,14)12-7-11-10-4-15-7/h1-4H,(H2,8,9)(H,11,12). The summed E-state index contributed by atoms with van der Waals surface area (Å²) in [6, 6.07) is 2.78. The van der Waals surface area contributed by atoms with E-state index >= 15 is 0 Å². The number of anilines is 2. The fraction of sp³-hybridized carbons (Fsp3) is 0. The molecular formula is C7H7N5O2S2. The Balaban J connectivity index is 2.29. The van der Waals surface area contributed by atoms with Gasteiger partial charge in [0.05, 0.1) is 0 Å². The van der Waals surface area contributed by atoms with E-state index in [0.717, 1.165) is 11.3 Å². The Kier molecular flexibility index (Phi) is 2.71. The quantitative estimate of drug-likeness (QED) is 0.819. The molecular weight excluding hydrogens is 250 g/mol. The summed E-state index contributed by atoms with van der Waals surface area (Å²) in [7, 11) is -3.66. The predicted molar refractivity (Wildman–Crippen MR) is 59.4 cm³/mol. The first-order valence-electron chi connectivity index (χ1n) is 4.08. The smallest absolute Gasteiger partial charge is 0.265 e. The average Bonchev–Trinajstić information content (AvgIpc) is 2.70. The molecule has 0 amide bonds. The van der Waals surface area contributed by atoms with Crippen LogP contribution in [0, 0.1) is 0 Å². The number of nitrogens with zero attached hydrogens (tertiary/aromatic N) is 3. The lowest BCUT2D eigenvalue weighted by molar-refractivity contribution is 0.600. The van der Waals surface area contributed by atoms with E-state index in [4.69, 9.17) is 5.73 Å². The molecule has 7 nitrogen and oxygen atoms in total. The highest BCUT2D eigenvalue weighted by molar-refractivity contribution is 7.93. The first kappa shape index (κ1) is 10.8. The lowest BCUT2D eigenvalue weighted by Gasteiger charge is -2.03. The zero-order chi connectivity index (χ0) is 11.6. The van der Waals surface area contributed by atoms with Crippen LogP contribution < -0.4 is 10.5 Å². The van der Waals surface area contributed by atoms with E-state index in [1.807, 2.05) is 0 Å². The summed E-state index contributed by atoms with van der Waals surface area (Å²) in [5.41, 5.74) is 6.79. The van der Waals surface area contributed by atoms with Crippen LogP contribution in [-0.4, -0.2) is 23.6 Å². The van der Waals surface area contributed by atoms with Gasteiger partial charge in [-0.2, -0.15) is 0 Å². The third-order valence-corrected chi connectivity index (χ3v) is 3.71. The van der Waals surface area contributed by atoms with E-state index in [1.165, 1.54) is 23.8 Å². The van der Waals surface area contributed by atoms with Gasteiger partial charge in [-0.25, -0.2) is 13.4 Å². The van der Waals surface area contributed by atoms with Gasteiger partial charge < -0.3 is 5.73 Å². The number of aromatic nitrogens is 3. The number of pyridine rings is 1. The van der Waals surface area contributed by atoms with E-state index in [2.05, 4.69) is 19.9 Å². The molecule has 2 rings (SSSR count). The fourth-order valence-corrected chi connectivity index (χ4v) is 2.58. The molecule has 2 heterocycles. The molecule has 0 aromatic carbocycles. The van der Waals surface area contributed by atoms with Crippen LogP contribution >= 0.6 is 11.3 Å². The molecule has 2 aromatic heterocycles. The van der Waals surface area contributed by atoms with Crippen molar-refractivity contribution in [1.29, 1.82) is 0 Å². The van der Waals surface area contributed by atoms with Gasteiger partial charge in [-0.15, -0.1) is 10.2 Å². The molecule has 84 valence electrons. The molecule has 0 saturated heterocycles. The van der Waals surface area contributed by atoms with Crippen molar-refractivity contribution in [1.82, 2.24) is 15.2 Å². The van der Waals surface area contributed by atoms with Crippen LogP contribution in [0.2, 0.25) is 0 Å². The van der Waals surface area contributed by atoms with Gasteiger partial charge in [-0.05, 0) is 12.1 Å². The first-order valence-corrected chi connectivity index (χ1v) is 6.45. The number of hydrogen-bond acceptors (Lipinski definition) is 7. The summed E-state index contributed by atoms with van der Waals surface area (Å²) in [6.07, 6.45) is 1.18. The molecule has 0 atom stereocenters. The van der Waals surface area contributed by atoms with Crippen molar-refractivity contribution in [2.24, 2.45) is 0 Å². The molecule has 0 saturated carbocycles. The number of hydrogen-bond donors (Lipinski definition) is 2. The number of sulfonamides is 1. The van der Waals surface area contributed by atoms with Crippen LogP contribution in [0.1, 0.15) is 0 Å². The Morgan fingerprint density at radius 1 is 1.38 bits per heavy atom. The largest absolute Gasteiger partial charge is 0.384 e. The normalized spacial score (nSPS) is 11.2. The molecule has 0 fully saturated rings. The van der Waals surface area contributed by atoms with Crippen molar-refractivity contribution in [3.05, 3.63) is 23.8 Å². The van der Waals surface area contributed by atoms with Crippen LogP contribution in [0.25, 0.3) is 0 Å². The Hall–Kier alpha value is -1.74. The summed E-state index contributed by atoms with van der Waals surface area (Å²) in [4.78, 5) is 3.73. The topological polar surface area (TPSA) is 111 Å². The van der Waals surface area contributed by atoms with Gasteiger partial charge >= 0.3 is 0 Å². The van der Waals surface area contributed by atoms with Gasteiger partial charge in [-0.3, -0.25) is 4.72 Å². The highest BCUT2D eigenvalue weighted by Crippen LogP contribution is 2.16. The number of nitrogen functional groups attached to an aromatic ring is 1. The second-order valence-electron chi connectivity index (χ2n) is 2.77. The first-order chi connectivity index (χ1) is 7.58. The van der Waals surface area contributed by atoms with Crippen molar-refractivity contribution in [3.8, 4) is 0 Å². The second kappa shape index (κ2) is 4.02. The van der Waals surface area contributed by atoms with Crippen molar-refractivity contribution < 1.29 is 8.42 Å². The van der Waals surface area contributed by atoms with Crippen molar-refractivity contribution in [2.75, 3.05) is 10.5 Å². The molecule has 0 aliphatic heterocycles. The number of rotatable bonds is 3. The monoisotopic (exact) mass is 257 g/mol. The van der Waals surface area contributed by atoms with Gasteiger partial charge in [0, 0.05) is 6.20 Å². The summed E-state index contributed by atoms with van der Waals surface area (Å²) in [6.45, 7) is 0. The minimum absolute atomic E-state index is 0.0249. The molecule has 2 aromatic rings. The molecule has 9 heteroatoms. The van der Waals surface area contributed by atoms with Gasteiger partial charge in [-0.1, -0.05) is 11.3 Å². The summed E-state index contributed by atoms with van der Waals surface area (Å²) < 4.78 is 25.8. The van der Waals surface area contributed by atoms with Crippen LogP contribution in [-0.2, 0) is 10.0 Å². The fourth-order valence-electron chi connectivity index (χ4n) is 0.942. The maximum absolute atomic E-state index is 11.8. The lowest BCUT2D eigenvalue weighted by Crippen LogP contribution is -2.13. The Morgan fingerprint density at radius 2 is 2.19 bits per heavy atom.